The molecule has 0 amide bonds. The Labute approximate surface area is 355 Å². The first-order chi connectivity index (χ1) is 30.2. The maximum absolute atomic E-state index is 5.67. The Morgan fingerprint density at radius 3 is 1.54 bits per heavy atom. The van der Waals surface area contributed by atoms with E-state index in [4.69, 9.17) is 4.74 Å². The summed E-state index contributed by atoms with van der Waals surface area (Å²) >= 11 is 0. The van der Waals surface area contributed by atoms with E-state index in [1.54, 1.807) is 7.11 Å². The Balaban J connectivity index is 1.20. The molecule has 12 rings (SSSR count). The third-order valence-electron chi connectivity index (χ3n) is 12.7. The molecular formula is C59H39NO. The summed E-state index contributed by atoms with van der Waals surface area (Å²) in [6, 6.07) is 79.9. The van der Waals surface area contributed by atoms with Crippen molar-refractivity contribution in [2.75, 3.05) is 12.0 Å². The van der Waals surface area contributed by atoms with Crippen LogP contribution >= 0.6 is 0 Å². The van der Waals surface area contributed by atoms with Crippen molar-refractivity contribution in [1.29, 1.82) is 0 Å². The Morgan fingerprint density at radius 1 is 0.311 bits per heavy atom. The van der Waals surface area contributed by atoms with Crippen LogP contribution in [0.2, 0.25) is 0 Å². The highest BCUT2D eigenvalue weighted by atomic mass is 16.5. The number of hydrogen-bond donors (Lipinski definition) is 0. The summed E-state index contributed by atoms with van der Waals surface area (Å²) in [7, 11) is 1.72. The summed E-state index contributed by atoms with van der Waals surface area (Å²) in [5, 5.41) is 9.92. The second-order valence-corrected chi connectivity index (χ2v) is 15.9. The van der Waals surface area contributed by atoms with Crippen molar-refractivity contribution in [3.05, 3.63) is 218 Å². The summed E-state index contributed by atoms with van der Waals surface area (Å²) in [5.41, 5.74) is 15.7. The molecule has 0 radical (unpaired) electrons. The maximum Gasteiger partial charge on any atom is 0.119 e. The molecule has 1 aliphatic rings. The number of ether oxygens (including phenoxy) is 1. The van der Waals surface area contributed by atoms with Crippen LogP contribution in [0.4, 0.5) is 17.1 Å². The third kappa shape index (κ3) is 5.50. The molecule has 2 nitrogen and oxygen atoms in total. The predicted octanol–water partition coefficient (Wildman–Crippen LogP) is 16.4. The van der Waals surface area contributed by atoms with Crippen LogP contribution in [0.5, 0.6) is 5.75 Å². The minimum absolute atomic E-state index is 0.826. The number of nitrogens with zero attached hydrogens (tertiary/aromatic N) is 1. The van der Waals surface area contributed by atoms with E-state index >= 15 is 0 Å². The van der Waals surface area contributed by atoms with Gasteiger partial charge in [0.1, 0.15) is 5.75 Å². The maximum atomic E-state index is 5.67. The van der Waals surface area contributed by atoms with Crippen molar-refractivity contribution in [3.8, 4) is 61.4 Å². The summed E-state index contributed by atoms with van der Waals surface area (Å²) in [5.74, 6) is 0.826. The van der Waals surface area contributed by atoms with E-state index in [-0.39, 0.29) is 0 Å². The van der Waals surface area contributed by atoms with Gasteiger partial charge in [-0.3, -0.25) is 0 Å². The first kappa shape index (κ1) is 35.0. The summed E-state index contributed by atoms with van der Waals surface area (Å²) in [6.07, 6.45) is 0. The second-order valence-electron chi connectivity index (χ2n) is 15.9. The summed E-state index contributed by atoms with van der Waals surface area (Å²) in [4.78, 5) is 2.43. The molecule has 0 unspecified atom stereocenters. The van der Waals surface area contributed by atoms with E-state index in [0.717, 1.165) is 22.8 Å². The van der Waals surface area contributed by atoms with Crippen molar-refractivity contribution >= 4 is 60.2 Å². The van der Waals surface area contributed by atoms with Gasteiger partial charge in [0.25, 0.3) is 0 Å². The summed E-state index contributed by atoms with van der Waals surface area (Å²) < 4.78 is 5.67. The molecule has 0 fully saturated rings. The van der Waals surface area contributed by atoms with E-state index in [0.29, 0.717) is 0 Å². The number of benzene rings is 11. The van der Waals surface area contributed by atoms with Crippen molar-refractivity contribution in [2.45, 2.75) is 0 Å². The number of rotatable bonds is 7. The second kappa shape index (κ2) is 14.1. The highest BCUT2D eigenvalue weighted by Crippen LogP contribution is 2.53. The fraction of sp³-hybridized carbons (Fsp3) is 0.0169. The minimum atomic E-state index is 0.826. The number of anilines is 3. The molecule has 0 saturated carbocycles. The molecule has 11 aromatic rings. The molecule has 0 N–H and O–H groups in total. The topological polar surface area (TPSA) is 12.5 Å². The fourth-order valence-electron chi connectivity index (χ4n) is 10.0. The van der Waals surface area contributed by atoms with Crippen molar-refractivity contribution in [2.24, 2.45) is 0 Å². The molecule has 1 aliphatic carbocycles. The Hall–Kier alpha value is -7.94. The lowest BCUT2D eigenvalue weighted by Crippen LogP contribution is -2.10. The smallest absolute Gasteiger partial charge is 0.119 e. The van der Waals surface area contributed by atoms with Gasteiger partial charge in [-0.25, -0.2) is 0 Å². The standard InChI is InChI=1S/C59H39NO/c1-61-43-31-28-41(29-32-43)60(55-35-34-49-45-23-12-11-22-44(45)47-26-15-27-51(55)57(47)49)42-30-33-50-54(36-42)46-24-13-14-25-48(46)58-53(39-18-7-3-8-19-39)37-52(38-16-5-2-6-17-38)56(59(50)58)40-20-9-4-10-21-40/h2-37H,1H3. The normalized spacial score (nSPS) is 11.7. The Bertz CT molecular complexity index is 3450. The molecule has 0 atom stereocenters. The molecule has 0 aliphatic heterocycles. The number of hydrogen-bond acceptors (Lipinski definition) is 2. The van der Waals surface area contributed by atoms with Gasteiger partial charge in [0.2, 0.25) is 0 Å². The van der Waals surface area contributed by atoms with Crippen LogP contribution in [0.1, 0.15) is 0 Å². The van der Waals surface area contributed by atoms with E-state index in [1.165, 1.54) is 98.7 Å². The van der Waals surface area contributed by atoms with Crippen LogP contribution in [-0.4, -0.2) is 7.11 Å². The zero-order chi connectivity index (χ0) is 40.4. The van der Waals surface area contributed by atoms with E-state index in [9.17, 15) is 0 Å². The van der Waals surface area contributed by atoms with Gasteiger partial charge >= 0.3 is 0 Å². The lowest BCUT2D eigenvalue weighted by atomic mass is 9.81. The van der Waals surface area contributed by atoms with Gasteiger partial charge in [-0.15, -0.1) is 0 Å². The third-order valence-corrected chi connectivity index (χ3v) is 12.7. The molecule has 11 aromatic carbocycles. The van der Waals surface area contributed by atoms with E-state index < -0.39 is 0 Å². The van der Waals surface area contributed by atoms with Gasteiger partial charge in [0.05, 0.1) is 12.8 Å². The van der Waals surface area contributed by atoms with Crippen molar-refractivity contribution < 1.29 is 4.74 Å². The number of methoxy groups -OCH3 is 1. The zero-order valence-electron chi connectivity index (χ0n) is 33.6. The van der Waals surface area contributed by atoms with Crippen LogP contribution in [0.15, 0.2) is 218 Å². The van der Waals surface area contributed by atoms with Crippen LogP contribution in [0.25, 0.3) is 98.7 Å². The quantitative estimate of drug-likeness (QED) is 0.149. The predicted molar refractivity (Wildman–Crippen MR) is 258 cm³/mol. The van der Waals surface area contributed by atoms with Crippen molar-refractivity contribution in [3.63, 3.8) is 0 Å². The van der Waals surface area contributed by atoms with Crippen LogP contribution in [0.3, 0.4) is 0 Å². The Kier molecular flexibility index (Phi) is 8.11. The first-order valence-electron chi connectivity index (χ1n) is 21.0. The van der Waals surface area contributed by atoms with E-state index in [2.05, 4.69) is 223 Å². The van der Waals surface area contributed by atoms with Crippen molar-refractivity contribution in [1.82, 2.24) is 0 Å². The summed E-state index contributed by atoms with van der Waals surface area (Å²) in [6.45, 7) is 0. The largest absolute Gasteiger partial charge is 0.497 e. The average molecular weight is 778 g/mol. The van der Waals surface area contributed by atoms with Gasteiger partial charge in [-0.2, -0.15) is 0 Å². The molecule has 0 bridgehead atoms. The highest BCUT2D eigenvalue weighted by Gasteiger charge is 2.26. The molecule has 2 heteroatoms. The lowest BCUT2D eigenvalue weighted by Gasteiger charge is -2.28. The van der Waals surface area contributed by atoms with Gasteiger partial charge in [0, 0.05) is 16.8 Å². The molecular weight excluding hydrogens is 739 g/mol. The zero-order valence-corrected chi connectivity index (χ0v) is 33.6. The Morgan fingerprint density at radius 2 is 0.852 bits per heavy atom. The van der Waals surface area contributed by atoms with Gasteiger partial charge in [-0.1, -0.05) is 170 Å². The molecule has 0 saturated heterocycles. The molecule has 286 valence electrons. The van der Waals surface area contributed by atoms with Crippen LogP contribution in [0, 0.1) is 0 Å². The van der Waals surface area contributed by atoms with Crippen LogP contribution < -0.4 is 9.64 Å². The van der Waals surface area contributed by atoms with Crippen LogP contribution in [-0.2, 0) is 0 Å². The van der Waals surface area contributed by atoms with Gasteiger partial charge in [0.15, 0.2) is 0 Å². The SMILES string of the molecule is COc1ccc(N(c2ccc3c(c2)c2ccccc2c2c(-c4ccccc4)cc(-c4ccccc4)c(-c4ccccc4)c32)c2ccc3c4c(cccc24)-c2ccccc2-3)cc1. The molecule has 0 aromatic heterocycles. The average Bonchev–Trinajstić information content (AvgIpc) is 3.67. The molecule has 0 heterocycles. The van der Waals surface area contributed by atoms with Gasteiger partial charge in [-0.05, 0) is 142 Å². The minimum Gasteiger partial charge on any atom is -0.497 e. The first-order valence-corrected chi connectivity index (χ1v) is 21.0. The van der Waals surface area contributed by atoms with E-state index in [1.807, 2.05) is 0 Å². The highest BCUT2D eigenvalue weighted by molar-refractivity contribution is 6.33. The fourth-order valence-corrected chi connectivity index (χ4v) is 10.0. The molecule has 0 spiro atoms. The molecule has 61 heavy (non-hydrogen) atoms. The van der Waals surface area contributed by atoms with Gasteiger partial charge < -0.3 is 9.64 Å². The monoisotopic (exact) mass is 777 g/mol. The lowest BCUT2D eigenvalue weighted by molar-refractivity contribution is 0.415. The number of fused-ring (bicyclic) bond motifs is 9.